The summed E-state index contributed by atoms with van der Waals surface area (Å²) in [5.74, 6) is -1.42. The fourth-order valence-corrected chi connectivity index (χ4v) is 6.47. The summed E-state index contributed by atoms with van der Waals surface area (Å²) in [7, 11) is -13.9. The second-order valence-corrected chi connectivity index (χ2v) is 14.5. The lowest BCUT2D eigenvalue weighted by Crippen LogP contribution is -2.21. The number of nitrogens with two attached hydrogens (primary N) is 1. The minimum Gasteiger partial charge on any atom is -0.505 e. The summed E-state index contributed by atoms with van der Waals surface area (Å²) in [6.07, 6.45) is 0. The van der Waals surface area contributed by atoms with Crippen molar-refractivity contribution in [2.75, 3.05) is 22.8 Å². The molecule has 4 aromatic rings. The second kappa shape index (κ2) is 14.9. The van der Waals surface area contributed by atoms with Crippen LogP contribution in [0.15, 0.2) is 90.9 Å². The van der Waals surface area contributed by atoms with E-state index in [1.807, 2.05) is 13.0 Å². The van der Waals surface area contributed by atoms with E-state index in [1.165, 1.54) is 30.3 Å². The third-order valence-corrected chi connectivity index (χ3v) is 9.21. The maximum absolute atomic E-state index is 12.4. The van der Waals surface area contributed by atoms with Crippen LogP contribution in [0, 0.1) is 6.92 Å². The van der Waals surface area contributed by atoms with E-state index in [4.69, 9.17) is 15.5 Å². The second-order valence-electron chi connectivity index (χ2n) is 9.46. The molecule has 0 saturated carbocycles. The van der Waals surface area contributed by atoms with Crippen molar-refractivity contribution in [3.63, 3.8) is 0 Å². The van der Waals surface area contributed by atoms with Crippen LogP contribution in [0.25, 0.3) is 10.8 Å². The minimum atomic E-state index is -5.00. The molecule has 0 aliphatic heterocycles. The normalized spacial score (nSPS) is 12.8. The number of rotatable bonds is 14. The monoisotopic (exact) mass is 744 g/mol. The lowest BCUT2D eigenvalue weighted by Gasteiger charge is -2.14. The largest absolute Gasteiger partial charge is 0.505 e. The number of aromatic hydroxyl groups is 1. The van der Waals surface area contributed by atoms with Gasteiger partial charge in [-0.25, -0.2) is 17.9 Å². The van der Waals surface area contributed by atoms with E-state index in [-0.39, 0.29) is 32.7 Å². The summed E-state index contributed by atoms with van der Waals surface area (Å²) >= 11 is 0.390. The summed E-state index contributed by atoms with van der Waals surface area (Å²) in [4.78, 5) is -0.807. The predicted octanol–water partition coefficient (Wildman–Crippen LogP) is 5.50. The number of phenolic OH excluding ortho intramolecular Hbond substituents is 1. The molecule has 0 saturated heterocycles. The van der Waals surface area contributed by atoms with Gasteiger partial charge in [0.15, 0.2) is 5.75 Å². The zero-order chi connectivity index (χ0) is 35.3. The van der Waals surface area contributed by atoms with E-state index in [0.29, 0.717) is 17.7 Å². The maximum Gasteiger partial charge on any atom is 0.397 e. The molecule has 0 fully saturated rings. The van der Waals surface area contributed by atoms with Gasteiger partial charge in [-0.15, -0.1) is 14.6 Å². The predicted molar refractivity (Wildman–Crippen MR) is 171 cm³/mol. The molecule has 0 bridgehead atoms. The highest BCUT2D eigenvalue weighted by Crippen LogP contribution is 2.49. The van der Waals surface area contributed by atoms with Crippen LogP contribution in [-0.4, -0.2) is 57.1 Å². The van der Waals surface area contributed by atoms with Crippen molar-refractivity contribution < 1.29 is 58.3 Å². The van der Waals surface area contributed by atoms with Crippen molar-refractivity contribution in [3.8, 4) is 5.75 Å². The molecule has 256 valence electrons. The Morgan fingerprint density at radius 1 is 0.875 bits per heavy atom. The van der Waals surface area contributed by atoms with Crippen molar-refractivity contribution in [1.82, 2.24) is 0 Å². The Hall–Kier alpha value is -4.30. The van der Waals surface area contributed by atoms with Crippen LogP contribution >= 0.6 is 12.0 Å². The average Bonchev–Trinajstić information content (AvgIpc) is 2.98. The molecule has 0 unspecified atom stereocenters. The van der Waals surface area contributed by atoms with Crippen molar-refractivity contribution in [1.29, 1.82) is 0 Å². The standard InChI is InChI=1S/C25H24N6O13S4/c1-14-3-2-4-18(11-14)28-29-23-19(45-44-43-33)12-15-13-20(47(36,37)38)24(22(26)21(15)25(23)32)30-27-16-5-7-17(8-6-16)31-46(34,35)10-9-42-48(39,40)41/h2-8,11-13,31-33H,9-10,26H2,1H3,(H,36,37,38)(H,39,40,41). The number of nitrogens with zero attached hydrogens (tertiary/aromatic N) is 4. The Bertz CT molecular complexity index is 2230. The number of phenols is 1. The molecule has 0 amide bonds. The smallest absolute Gasteiger partial charge is 0.397 e. The summed E-state index contributed by atoms with van der Waals surface area (Å²) in [5.41, 5.74) is 6.41. The van der Waals surface area contributed by atoms with Gasteiger partial charge in [-0.05, 0) is 66.4 Å². The number of azo groups is 2. The van der Waals surface area contributed by atoms with E-state index in [2.05, 4.69) is 38.7 Å². The topological polar surface area (TPSA) is 299 Å². The summed E-state index contributed by atoms with van der Waals surface area (Å²) in [6.45, 7) is 0.983. The van der Waals surface area contributed by atoms with Gasteiger partial charge in [-0.2, -0.15) is 27.1 Å². The van der Waals surface area contributed by atoms with Crippen molar-refractivity contribution in [2.24, 2.45) is 20.5 Å². The number of fused-ring (bicyclic) bond motifs is 1. The van der Waals surface area contributed by atoms with Gasteiger partial charge in [0.05, 0.1) is 51.7 Å². The van der Waals surface area contributed by atoms with Gasteiger partial charge < -0.3 is 10.8 Å². The van der Waals surface area contributed by atoms with E-state index in [0.717, 1.165) is 11.6 Å². The number of hydrogen-bond acceptors (Lipinski definition) is 17. The van der Waals surface area contributed by atoms with Crippen LogP contribution in [0.4, 0.5) is 34.1 Å². The Morgan fingerprint density at radius 2 is 1.54 bits per heavy atom. The maximum atomic E-state index is 12.4. The zero-order valence-corrected chi connectivity index (χ0v) is 27.4. The number of hydrogen-bond donors (Lipinski definition) is 6. The van der Waals surface area contributed by atoms with Gasteiger partial charge in [0.25, 0.3) is 10.1 Å². The molecule has 0 spiro atoms. The first-order valence-electron chi connectivity index (χ1n) is 12.8. The molecule has 48 heavy (non-hydrogen) atoms. The van der Waals surface area contributed by atoms with Gasteiger partial charge >= 0.3 is 10.4 Å². The average molecular weight is 745 g/mol. The highest BCUT2D eigenvalue weighted by molar-refractivity contribution is 7.94. The fourth-order valence-electron chi connectivity index (χ4n) is 4.00. The number of sulfonamides is 1. The van der Waals surface area contributed by atoms with Gasteiger partial charge in [-0.3, -0.25) is 13.8 Å². The van der Waals surface area contributed by atoms with Gasteiger partial charge in [0.2, 0.25) is 10.0 Å². The molecule has 0 aromatic heterocycles. The van der Waals surface area contributed by atoms with Gasteiger partial charge in [0.1, 0.15) is 16.3 Å². The molecular weight excluding hydrogens is 721 g/mol. The Labute approximate surface area is 276 Å². The quantitative estimate of drug-likeness (QED) is 0.0232. The van der Waals surface area contributed by atoms with E-state index in [1.54, 1.807) is 18.2 Å². The van der Waals surface area contributed by atoms with Crippen LogP contribution in [0.5, 0.6) is 5.75 Å². The number of nitrogens with one attached hydrogen (secondary N) is 1. The third-order valence-electron chi connectivity index (χ3n) is 6.00. The highest BCUT2D eigenvalue weighted by Gasteiger charge is 2.25. The SMILES string of the molecule is Cc1cccc(N=Nc2c(SOOO)cc3cc(S(=O)(=O)O)c(N=Nc4ccc(NS(=O)(=O)CCOS(=O)(=O)O)cc4)c(N)c3c2O)c1. The molecule has 0 aliphatic carbocycles. The minimum absolute atomic E-state index is 0.0119. The van der Waals surface area contributed by atoms with E-state index >= 15 is 0 Å². The Balaban J connectivity index is 1.73. The first-order chi connectivity index (χ1) is 22.5. The first-order valence-corrected chi connectivity index (χ1v) is 18.0. The zero-order valence-electron chi connectivity index (χ0n) is 24.2. The molecule has 7 N–H and O–H groups in total. The molecule has 0 heterocycles. The van der Waals surface area contributed by atoms with E-state index < -0.39 is 64.9 Å². The Morgan fingerprint density at radius 3 is 2.17 bits per heavy atom. The highest BCUT2D eigenvalue weighted by atomic mass is 32.3. The number of aryl methyl sites for hydroxylation is 1. The van der Waals surface area contributed by atoms with E-state index in [9.17, 15) is 34.9 Å². The lowest BCUT2D eigenvalue weighted by molar-refractivity contribution is -0.432. The first kappa shape index (κ1) is 36.5. The van der Waals surface area contributed by atoms with Gasteiger partial charge in [-0.1, -0.05) is 17.2 Å². The summed E-state index contributed by atoms with van der Waals surface area (Å²) in [6, 6.07) is 14.2. The van der Waals surface area contributed by atoms with Crippen molar-refractivity contribution in [2.45, 2.75) is 16.7 Å². The molecule has 0 radical (unpaired) electrons. The molecule has 4 aromatic carbocycles. The fraction of sp³-hybridized carbons (Fsp3) is 0.120. The summed E-state index contributed by atoms with van der Waals surface area (Å²) < 4.78 is 99.4. The van der Waals surface area contributed by atoms with Crippen LogP contribution in [0.2, 0.25) is 0 Å². The van der Waals surface area contributed by atoms with Crippen molar-refractivity contribution in [3.05, 3.63) is 66.2 Å². The van der Waals surface area contributed by atoms with Crippen LogP contribution in [0.3, 0.4) is 0 Å². The molecule has 19 nitrogen and oxygen atoms in total. The number of benzene rings is 4. The summed E-state index contributed by atoms with van der Waals surface area (Å²) in [5, 5.41) is 39.4. The van der Waals surface area contributed by atoms with Gasteiger partial charge in [0, 0.05) is 5.69 Å². The number of anilines is 2. The Kier molecular flexibility index (Phi) is 11.3. The van der Waals surface area contributed by atoms with Crippen LogP contribution in [0.1, 0.15) is 5.56 Å². The molecule has 4 rings (SSSR count). The van der Waals surface area contributed by atoms with Crippen LogP contribution in [-0.2, 0) is 44.1 Å². The molecule has 0 aliphatic rings. The third kappa shape index (κ3) is 9.63. The lowest BCUT2D eigenvalue weighted by atomic mass is 10.1. The molecular formula is C25H24N6O13S4. The van der Waals surface area contributed by atoms with Crippen molar-refractivity contribution >= 4 is 87.5 Å². The molecule has 0 atom stereocenters. The molecule has 23 heteroatoms. The van der Waals surface area contributed by atoms with Crippen LogP contribution < -0.4 is 10.5 Å². The number of nitrogen functional groups attached to an aromatic ring is 1.